The van der Waals surface area contributed by atoms with Crippen LogP contribution in [-0.2, 0) is 0 Å². The highest BCUT2D eigenvalue weighted by atomic mass is 35.5. The molecule has 0 bridgehead atoms. The third-order valence-electron chi connectivity index (χ3n) is 2.52. The van der Waals surface area contributed by atoms with E-state index in [0.29, 0.717) is 5.56 Å². The lowest BCUT2D eigenvalue weighted by Crippen LogP contribution is -2.04. The number of halogens is 2. The second-order valence-electron chi connectivity index (χ2n) is 3.77. The van der Waals surface area contributed by atoms with Crippen molar-refractivity contribution in [1.29, 1.82) is 0 Å². The topological polar surface area (TPSA) is 33.1 Å². The number of aromatic nitrogens is 1. The minimum absolute atomic E-state index is 0.0832. The minimum Gasteiger partial charge on any atom is -0.383 e. The summed E-state index contributed by atoms with van der Waals surface area (Å²) in [6, 6.07) is 7.78. The maximum atomic E-state index is 13.6. The van der Waals surface area contributed by atoms with Crippen LogP contribution in [0.3, 0.4) is 0 Å². The number of aliphatic hydroxyl groups is 1. The summed E-state index contributed by atoms with van der Waals surface area (Å²) < 4.78 is 13.6. The van der Waals surface area contributed by atoms with Crippen LogP contribution in [0.5, 0.6) is 0 Å². The van der Waals surface area contributed by atoms with Crippen LogP contribution in [0, 0.1) is 12.7 Å². The van der Waals surface area contributed by atoms with Crippen molar-refractivity contribution < 1.29 is 9.50 Å². The Bertz CT molecular complexity index is 507. The molecule has 1 aromatic carbocycles. The normalized spacial score (nSPS) is 12.5. The third-order valence-corrected chi connectivity index (χ3v) is 2.85. The second-order valence-corrected chi connectivity index (χ2v) is 4.18. The highest BCUT2D eigenvalue weighted by Crippen LogP contribution is 2.30. The number of rotatable bonds is 2. The Kier molecular flexibility index (Phi) is 3.41. The number of hydrogen-bond acceptors (Lipinski definition) is 2. The summed E-state index contributed by atoms with van der Waals surface area (Å²) in [5.41, 5.74) is 1.43. The Balaban J connectivity index is 2.43. The van der Waals surface area contributed by atoms with Crippen LogP contribution in [-0.4, -0.2) is 10.1 Å². The van der Waals surface area contributed by atoms with Gasteiger partial charge in [0, 0.05) is 28.0 Å². The van der Waals surface area contributed by atoms with Crippen molar-refractivity contribution in [2.45, 2.75) is 13.0 Å². The van der Waals surface area contributed by atoms with Gasteiger partial charge in [-0.25, -0.2) is 4.39 Å². The predicted molar refractivity (Wildman–Crippen MR) is 64.4 cm³/mol. The van der Waals surface area contributed by atoms with E-state index in [9.17, 15) is 9.50 Å². The van der Waals surface area contributed by atoms with Crippen molar-refractivity contribution in [3.63, 3.8) is 0 Å². The Morgan fingerprint density at radius 2 is 2.06 bits per heavy atom. The van der Waals surface area contributed by atoms with E-state index in [2.05, 4.69) is 4.98 Å². The average molecular weight is 252 g/mol. The highest BCUT2D eigenvalue weighted by molar-refractivity contribution is 6.31. The van der Waals surface area contributed by atoms with Gasteiger partial charge in [0.05, 0.1) is 0 Å². The van der Waals surface area contributed by atoms with Crippen molar-refractivity contribution in [3.8, 4) is 0 Å². The maximum Gasteiger partial charge on any atom is 0.130 e. The quantitative estimate of drug-likeness (QED) is 0.889. The molecule has 1 aromatic heterocycles. The zero-order valence-electron chi connectivity index (χ0n) is 9.19. The van der Waals surface area contributed by atoms with Gasteiger partial charge in [0.1, 0.15) is 11.9 Å². The fraction of sp³-hybridized carbons (Fsp3) is 0.154. The lowest BCUT2D eigenvalue weighted by atomic mass is 10.0. The van der Waals surface area contributed by atoms with E-state index < -0.39 is 11.9 Å². The van der Waals surface area contributed by atoms with Gasteiger partial charge in [-0.1, -0.05) is 23.7 Å². The predicted octanol–water partition coefficient (Wildman–Crippen LogP) is 3.26. The maximum absolute atomic E-state index is 13.6. The zero-order valence-corrected chi connectivity index (χ0v) is 9.95. The summed E-state index contributed by atoms with van der Waals surface area (Å²) in [4.78, 5) is 4.06. The first-order valence-corrected chi connectivity index (χ1v) is 5.52. The van der Waals surface area contributed by atoms with Gasteiger partial charge in [-0.15, -0.1) is 0 Å². The van der Waals surface area contributed by atoms with Crippen molar-refractivity contribution in [1.82, 2.24) is 4.98 Å². The smallest absolute Gasteiger partial charge is 0.130 e. The molecule has 2 nitrogen and oxygen atoms in total. The molecule has 4 heteroatoms. The SMILES string of the molecule is Cc1ccc(C(O)c2c(F)cccc2Cl)cn1. The number of benzene rings is 1. The molecule has 0 aliphatic carbocycles. The number of hydrogen-bond donors (Lipinski definition) is 1. The average Bonchev–Trinajstić information content (AvgIpc) is 2.29. The highest BCUT2D eigenvalue weighted by Gasteiger charge is 2.18. The van der Waals surface area contributed by atoms with Crippen LogP contribution in [0.2, 0.25) is 5.02 Å². The third kappa shape index (κ3) is 2.46. The summed E-state index contributed by atoms with van der Waals surface area (Å²) in [7, 11) is 0. The molecule has 0 aliphatic heterocycles. The first kappa shape index (κ1) is 12.0. The van der Waals surface area contributed by atoms with Gasteiger partial charge in [0.15, 0.2) is 0 Å². The van der Waals surface area contributed by atoms with Gasteiger partial charge >= 0.3 is 0 Å². The van der Waals surface area contributed by atoms with Crippen molar-refractivity contribution in [3.05, 3.63) is 64.2 Å². The summed E-state index contributed by atoms with van der Waals surface area (Å²) in [6.07, 6.45) is 0.416. The molecule has 2 aromatic rings. The van der Waals surface area contributed by atoms with Crippen molar-refractivity contribution >= 4 is 11.6 Å². The van der Waals surface area contributed by atoms with E-state index >= 15 is 0 Å². The van der Waals surface area contributed by atoms with E-state index in [1.165, 1.54) is 18.3 Å². The standard InChI is InChI=1S/C13H11ClFNO/c1-8-5-6-9(7-16-8)13(17)12-10(14)3-2-4-11(12)15/h2-7,13,17H,1H3. The van der Waals surface area contributed by atoms with Crippen LogP contribution in [0.1, 0.15) is 22.9 Å². The van der Waals surface area contributed by atoms with Crippen LogP contribution >= 0.6 is 11.6 Å². The van der Waals surface area contributed by atoms with Crippen LogP contribution in [0.25, 0.3) is 0 Å². The van der Waals surface area contributed by atoms with Gasteiger partial charge in [-0.2, -0.15) is 0 Å². The number of aliphatic hydroxyl groups excluding tert-OH is 1. The first-order chi connectivity index (χ1) is 8.09. The number of aryl methyl sites for hydroxylation is 1. The molecular formula is C13H11ClFNO. The van der Waals surface area contributed by atoms with E-state index in [4.69, 9.17) is 11.6 Å². The van der Waals surface area contributed by atoms with Gasteiger partial charge in [0.2, 0.25) is 0 Å². The van der Waals surface area contributed by atoms with Crippen LogP contribution < -0.4 is 0 Å². The Morgan fingerprint density at radius 3 is 2.65 bits per heavy atom. The van der Waals surface area contributed by atoms with E-state index in [0.717, 1.165) is 5.69 Å². The molecule has 88 valence electrons. The first-order valence-electron chi connectivity index (χ1n) is 5.14. The molecule has 0 amide bonds. The monoisotopic (exact) mass is 251 g/mol. The van der Waals surface area contributed by atoms with Crippen LogP contribution in [0.15, 0.2) is 36.5 Å². The van der Waals surface area contributed by atoms with Crippen molar-refractivity contribution in [2.24, 2.45) is 0 Å². The number of pyridine rings is 1. The van der Waals surface area contributed by atoms with Gasteiger partial charge in [-0.05, 0) is 25.1 Å². The molecule has 1 atom stereocenters. The summed E-state index contributed by atoms with van der Waals surface area (Å²) in [5, 5.41) is 10.3. The molecule has 0 radical (unpaired) electrons. The van der Waals surface area contributed by atoms with Crippen LogP contribution in [0.4, 0.5) is 4.39 Å². The Hall–Kier alpha value is -1.45. The molecule has 1 unspecified atom stereocenters. The molecule has 0 saturated heterocycles. The van der Waals surface area contributed by atoms with Gasteiger partial charge in [-0.3, -0.25) is 4.98 Å². The minimum atomic E-state index is -1.10. The molecule has 0 spiro atoms. The van der Waals surface area contributed by atoms with Crippen molar-refractivity contribution in [2.75, 3.05) is 0 Å². The molecule has 17 heavy (non-hydrogen) atoms. The molecule has 2 rings (SSSR count). The molecule has 0 aliphatic rings. The molecule has 1 heterocycles. The Labute approximate surface area is 104 Å². The fourth-order valence-corrected chi connectivity index (χ4v) is 1.85. The lowest BCUT2D eigenvalue weighted by Gasteiger charge is -2.13. The molecule has 0 fully saturated rings. The second kappa shape index (κ2) is 4.82. The summed E-state index contributed by atoms with van der Waals surface area (Å²) in [6.45, 7) is 1.84. The fourth-order valence-electron chi connectivity index (χ4n) is 1.58. The zero-order chi connectivity index (χ0) is 12.4. The lowest BCUT2D eigenvalue weighted by molar-refractivity contribution is 0.214. The Morgan fingerprint density at radius 1 is 1.29 bits per heavy atom. The molecule has 1 N–H and O–H groups in total. The van der Waals surface area contributed by atoms with E-state index in [-0.39, 0.29) is 10.6 Å². The summed E-state index contributed by atoms with van der Waals surface area (Å²) in [5.74, 6) is -0.523. The van der Waals surface area contributed by atoms with E-state index in [1.807, 2.05) is 6.92 Å². The van der Waals surface area contributed by atoms with Gasteiger partial charge in [0.25, 0.3) is 0 Å². The molecule has 0 saturated carbocycles. The largest absolute Gasteiger partial charge is 0.383 e. The number of nitrogens with zero attached hydrogens (tertiary/aromatic N) is 1. The molecular weight excluding hydrogens is 241 g/mol. The van der Waals surface area contributed by atoms with Gasteiger partial charge < -0.3 is 5.11 Å². The van der Waals surface area contributed by atoms with E-state index in [1.54, 1.807) is 18.2 Å². The summed E-state index contributed by atoms with van der Waals surface area (Å²) >= 11 is 5.89.